The predicted molar refractivity (Wildman–Crippen MR) is 81.6 cm³/mol. The highest BCUT2D eigenvalue weighted by atomic mass is 35.5. The molecule has 0 heterocycles. The molecule has 6 heteroatoms. The Morgan fingerprint density at radius 2 is 1.86 bits per heavy atom. The molecule has 1 N–H and O–H groups in total. The van der Waals surface area contributed by atoms with Gasteiger partial charge >= 0.3 is 0 Å². The molecule has 0 saturated heterocycles. The van der Waals surface area contributed by atoms with E-state index in [1.54, 1.807) is 31.2 Å². The minimum atomic E-state index is -0.788. The molecule has 0 bridgehead atoms. The lowest BCUT2D eigenvalue weighted by molar-refractivity contribution is -0.122. The third-order valence-corrected chi connectivity index (χ3v) is 3.23. The molecule has 3 nitrogen and oxygen atoms in total. The van der Waals surface area contributed by atoms with Crippen LogP contribution < -0.4 is 10.1 Å². The summed E-state index contributed by atoms with van der Waals surface area (Å²) in [6.45, 7) is 1.57. The Morgan fingerprint density at radius 1 is 1.19 bits per heavy atom. The summed E-state index contributed by atoms with van der Waals surface area (Å²) in [5.41, 5.74) is 0.602. The smallest absolute Gasteiger partial charge is 0.265 e. The van der Waals surface area contributed by atoms with Crippen molar-refractivity contribution in [3.63, 3.8) is 0 Å². The van der Waals surface area contributed by atoms with Crippen LogP contribution in [0.15, 0.2) is 42.5 Å². The van der Waals surface area contributed by atoms with Gasteiger partial charge in [0.05, 0.1) is 5.02 Å². The van der Waals surface area contributed by atoms with Crippen LogP contribution >= 0.6 is 23.2 Å². The molecule has 0 aliphatic heterocycles. The molecule has 1 amide bonds. The monoisotopic (exact) mass is 327 g/mol. The number of nitrogens with one attached hydrogen (secondary N) is 1. The van der Waals surface area contributed by atoms with Crippen molar-refractivity contribution in [2.24, 2.45) is 0 Å². The fraction of sp³-hybridized carbons (Fsp3) is 0.133. The van der Waals surface area contributed by atoms with Gasteiger partial charge in [-0.1, -0.05) is 23.2 Å². The maximum Gasteiger partial charge on any atom is 0.265 e. The van der Waals surface area contributed by atoms with Crippen LogP contribution in [0.4, 0.5) is 10.1 Å². The van der Waals surface area contributed by atoms with Crippen molar-refractivity contribution in [1.29, 1.82) is 0 Å². The summed E-state index contributed by atoms with van der Waals surface area (Å²) in [5, 5.41) is 3.37. The lowest BCUT2D eigenvalue weighted by Crippen LogP contribution is -2.30. The Labute approximate surface area is 131 Å². The summed E-state index contributed by atoms with van der Waals surface area (Å²) in [7, 11) is 0. The molecule has 0 spiro atoms. The number of hydrogen-bond acceptors (Lipinski definition) is 2. The average molecular weight is 328 g/mol. The van der Waals surface area contributed by atoms with Gasteiger partial charge in [0.1, 0.15) is 11.6 Å². The topological polar surface area (TPSA) is 38.3 Å². The van der Waals surface area contributed by atoms with E-state index in [1.165, 1.54) is 12.1 Å². The van der Waals surface area contributed by atoms with Crippen molar-refractivity contribution in [3.8, 4) is 5.75 Å². The molecule has 0 radical (unpaired) electrons. The molecule has 21 heavy (non-hydrogen) atoms. The zero-order chi connectivity index (χ0) is 15.4. The highest BCUT2D eigenvalue weighted by Crippen LogP contribution is 2.26. The summed E-state index contributed by atoms with van der Waals surface area (Å²) in [6.07, 6.45) is -0.788. The zero-order valence-electron chi connectivity index (χ0n) is 11.1. The molecule has 0 fully saturated rings. The number of anilines is 1. The van der Waals surface area contributed by atoms with Crippen molar-refractivity contribution in [2.45, 2.75) is 13.0 Å². The number of carbonyl (C=O) groups excluding carboxylic acids is 1. The molecule has 110 valence electrons. The van der Waals surface area contributed by atoms with Gasteiger partial charge in [-0.3, -0.25) is 4.79 Å². The van der Waals surface area contributed by atoms with Crippen LogP contribution in [0.5, 0.6) is 5.75 Å². The third kappa shape index (κ3) is 4.34. The van der Waals surface area contributed by atoms with Gasteiger partial charge in [0, 0.05) is 10.7 Å². The zero-order valence-corrected chi connectivity index (χ0v) is 12.6. The Bertz CT molecular complexity index is 647. The van der Waals surface area contributed by atoms with Gasteiger partial charge in [-0.2, -0.15) is 0 Å². The van der Waals surface area contributed by atoms with Crippen LogP contribution in [0, 0.1) is 5.82 Å². The third-order valence-electron chi connectivity index (χ3n) is 2.68. The molecule has 2 aromatic carbocycles. The number of carbonyl (C=O) groups is 1. The average Bonchev–Trinajstić information content (AvgIpc) is 2.44. The number of amides is 1. The van der Waals surface area contributed by atoms with Crippen molar-refractivity contribution < 1.29 is 13.9 Å². The van der Waals surface area contributed by atoms with Gasteiger partial charge in [0.15, 0.2) is 6.10 Å². The van der Waals surface area contributed by atoms with E-state index in [1.807, 2.05) is 0 Å². The van der Waals surface area contributed by atoms with E-state index in [9.17, 15) is 9.18 Å². The Hall–Kier alpha value is -1.78. The standard InChI is InChI=1S/C15H12Cl2FNO2/c1-9(21-14-7-4-11(18)8-13(14)17)15(20)19-12-5-2-10(16)3-6-12/h2-9H,1H3,(H,19,20). The molecule has 0 saturated carbocycles. The fourth-order valence-corrected chi connectivity index (χ4v) is 1.93. The van der Waals surface area contributed by atoms with Crippen LogP contribution in [0.3, 0.4) is 0 Å². The Kier molecular flexibility index (Phi) is 5.04. The lowest BCUT2D eigenvalue weighted by atomic mass is 10.3. The highest BCUT2D eigenvalue weighted by molar-refractivity contribution is 6.32. The number of ether oxygens (including phenoxy) is 1. The van der Waals surface area contributed by atoms with E-state index < -0.39 is 11.9 Å². The first-order chi connectivity index (χ1) is 9.95. The molecule has 0 aliphatic carbocycles. The fourth-order valence-electron chi connectivity index (χ4n) is 1.59. The van der Waals surface area contributed by atoms with Crippen LogP contribution in [0.25, 0.3) is 0 Å². The van der Waals surface area contributed by atoms with E-state index in [0.717, 1.165) is 6.07 Å². The van der Waals surface area contributed by atoms with E-state index in [2.05, 4.69) is 5.32 Å². The second-order valence-corrected chi connectivity index (χ2v) is 5.17. The predicted octanol–water partition coefficient (Wildman–Crippen LogP) is 4.54. The summed E-state index contributed by atoms with van der Waals surface area (Å²) >= 11 is 11.6. The van der Waals surface area contributed by atoms with Gasteiger partial charge < -0.3 is 10.1 Å². The van der Waals surface area contributed by atoms with Crippen LogP contribution in [-0.2, 0) is 4.79 Å². The maximum atomic E-state index is 12.9. The van der Waals surface area contributed by atoms with Gasteiger partial charge in [0.25, 0.3) is 5.91 Å². The largest absolute Gasteiger partial charge is 0.479 e. The minimum absolute atomic E-state index is 0.112. The highest BCUT2D eigenvalue weighted by Gasteiger charge is 2.16. The van der Waals surface area contributed by atoms with Crippen LogP contribution in [0.2, 0.25) is 10.0 Å². The molecular formula is C15H12Cl2FNO2. The van der Waals surface area contributed by atoms with Crippen LogP contribution in [0.1, 0.15) is 6.92 Å². The first kappa shape index (κ1) is 15.6. The molecule has 1 atom stereocenters. The number of hydrogen-bond donors (Lipinski definition) is 1. The van der Waals surface area contributed by atoms with Crippen molar-refractivity contribution in [3.05, 3.63) is 58.3 Å². The van der Waals surface area contributed by atoms with Crippen LogP contribution in [-0.4, -0.2) is 12.0 Å². The first-order valence-electron chi connectivity index (χ1n) is 6.14. The van der Waals surface area contributed by atoms with Crippen molar-refractivity contribution in [1.82, 2.24) is 0 Å². The normalized spacial score (nSPS) is 11.8. The van der Waals surface area contributed by atoms with Crippen molar-refractivity contribution in [2.75, 3.05) is 5.32 Å². The molecule has 1 unspecified atom stereocenters. The molecular weight excluding hydrogens is 316 g/mol. The van der Waals surface area contributed by atoms with Crippen molar-refractivity contribution >= 4 is 34.8 Å². The molecule has 2 aromatic rings. The maximum absolute atomic E-state index is 12.9. The van der Waals surface area contributed by atoms with Gasteiger partial charge in [0.2, 0.25) is 0 Å². The Morgan fingerprint density at radius 3 is 2.48 bits per heavy atom. The molecule has 2 rings (SSSR count). The molecule has 0 aromatic heterocycles. The van der Waals surface area contributed by atoms with E-state index in [-0.39, 0.29) is 16.7 Å². The summed E-state index contributed by atoms with van der Waals surface area (Å²) in [4.78, 5) is 12.0. The lowest BCUT2D eigenvalue weighted by Gasteiger charge is -2.15. The summed E-state index contributed by atoms with van der Waals surface area (Å²) in [6, 6.07) is 10.4. The minimum Gasteiger partial charge on any atom is -0.479 e. The summed E-state index contributed by atoms with van der Waals surface area (Å²) < 4.78 is 18.4. The van der Waals surface area contributed by atoms with E-state index in [0.29, 0.717) is 10.7 Å². The van der Waals surface area contributed by atoms with E-state index in [4.69, 9.17) is 27.9 Å². The molecule has 0 aliphatic rings. The number of rotatable bonds is 4. The summed E-state index contributed by atoms with van der Waals surface area (Å²) in [5.74, 6) is -0.569. The Balaban J connectivity index is 2.00. The quantitative estimate of drug-likeness (QED) is 0.895. The van der Waals surface area contributed by atoms with Gasteiger partial charge in [-0.05, 0) is 49.4 Å². The SMILES string of the molecule is CC(Oc1ccc(F)cc1Cl)C(=O)Nc1ccc(Cl)cc1. The number of benzene rings is 2. The first-order valence-corrected chi connectivity index (χ1v) is 6.89. The number of halogens is 3. The van der Waals surface area contributed by atoms with Gasteiger partial charge in [-0.15, -0.1) is 0 Å². The second-order valence-electron chi connectivity index (χ2n) is 4.33. The van der Waals surface area contributed by atoms with Gasteiger partial charge in [-0.25, -0.2) is 4.39 Å². The second kappa shape index (κ2) is 6.78. The van der Waals surface area contributed by atoms with E-state index >= 15 is 0 Å².